The van der Waals surface area contributed by atoms with Crippen molar-refractivity contribution in [2.75, 3.05) is 13.1 Å². The molecule has 1 saturated heterocycles. The van der Waals surface area contributed by atoms with Crippen molar-refractivity contribution in [1.82, 2.24) is 10.2 Å². The van der Waals surface area contributed by atoms with E-state index in [1.165, 1.54) is 12.0 Å². The summed E-state index contributed by atoms with van der Waals surface area (Å²) in [7, 11) is 0. The van der Waals surface area contributed by atoms with E-state index in [0.717, 1.165) is 30.3 Å². The van der Waals surface area contributed by atoms with Gasteiger partial charge in [0, 0.05) is 23.6 Å². The summed E-state index contributed by atoms with van der Waals surface area (Å²) in [6, 6.07) is 8.67. The molecule has 4 heteroatoms. The van der Waals surface area contributed by atoms with Gasteiger partial charge in [-0.25, -0.2) is 4.79 Å². The van der Waals surface area contributed by atoms with Crippen LogP contribution in [-0.2, 0) is 6.42 Å². The van der Waals surface area contributed by atoms with Gasteiger partial charge in [0.15, 0.2) is 0 Å². The van der Waals surface area contributed by atoms with Crippen molar-refractivity contribution < 1.29 is 4.79 Å². The molecule has 1 aliphatic rings. The van der Waals surface area contributed by atoms with Crippen molar-refractivity contribution in [2.24, 2.45) is 0 Å². The van der Waals surface area contributed by atoms with Crippen LogP contribution in [0.1, 0.15) is 31.7 Å². The van der Waals surface area contributed by atoms with Gasteiger partial charge < -0.3 is 10.2 Å². The number of nitrogens with one attached hydrogen (secondary N) is 1. The first kappa shape index (κ1) is 14.4. The van der Waals surface area contributed by atoms with E-state index in [1.54, 1.807) is 0 Å². The number of rotatable bonds is 3. The number of carbonyl (C=O) groups is 1. The van der Waals surface area contributed by atoms with Gasteiger partial charge in [-0.05, 0) is 50.3 Å². The second-order valence-corrected chi connectivity index (χ2v) is 6.07. The highest BCUT2D eigenvalue weighted by Crippen LogP contribution is 2.16. The fourth-order valence-electron chi connectivity index (χ4n) is 2.51. The minimum atomic E-state index is 0.0854. The van der Waals surface area contributed by atoms with Crippen LogP contribution < -0.4 is 5.32 Å². The number of urea groups is 1. The largest absolute Gasteiger partial charge is 0.338 e. The number of benzene rings is 1. The molecule has 0 aromatic heterocycles. The van der Waals surface area contributed by atoms with Gasteiger partial charge in [0.1, 0.15) is 0 Å². The molecule has 1 fully saturated rings. The lowest BCUT2D eigenvalue weighted by Crippen LogP contribution is -2.47. The zero-order chi connectivity index (χ0) is 13.7. The quantitative estimate of drug-likeness (QED) is 0.905. The monoisotopic (exact) mass is 324 g/mol. The molecule has 0 spiro atoms. The fourth-order valence-corrected chi connectivity index (χ4v) is 2.95. The predicted octanol–water partition coefficient (Wildman–Crippen LogP) is 3.58. The molecule has 2 rings (SSSR count). The molecule has 19 heavy (non-hydrogen) atoms. The maximum atomic E-state index is 12.1. The highest BCUT2D eigenvalue weighted by molar-refractivity contribution is 9.10. The van der Waals surface area contributed by atoms with E-state index in [9.17, 15) is 4.79 Å². The molecule has 0 radical (unpaired) electrons. The van der Waals surface area contributed by atoms with Crippen LogP contribution in [0.5, 0.6) is 0 Å². The molecule has 1 N–H and O–H groups in total. The van der Waals surface area contributed by atoms with Crippen molar-refractivity contribution in [3.05, 3.63) is 34.3 Å². The maximum Gasteiger partial charge on any atom is 0.317 e. The minimum Gasteiger partial charge on any atom is -0.338 e. The number of hydrogen-bond acceptors (Lipinski definition) is 1. The van der Waals surface area contributed by atoms with Crippen molar-refractivity contribution in [3.63, 3.8) is 0 Å². The number of nitrogens with zero attached hydrogens (tertiary/aromatic N) is 1. The molecule has 1 aromatic rings. The molecule has 3 nitrogen and oxygen atoms in total. The Morgan fingerprint density at radius 1 is 1.47 bits per heavy atom. The first-order valence-corrected chi connectivity index (χ1v) is 7.75. The minimum absolute atomic E-state index is 0.0854. The third-order valence-electron chi connectivity index (χ3n) is 3.64. The highest BCUT2D eigenvalue weighted by atomic mass is 79.9. The summed E-state index contributed by atoms with van der Waals surface area (Å²) in [5, 5.41) is 3.02. The van der Waals surface area contributed by atoms with Crippen LogP contribution >= 0.6 is 15.9 Å². The maximum absolute atomic E-state index is 12.1. The number of amides is 2. The Bertz CT molecular complexity index is 436. The zero-order valence-corrected chi connectivity index (χ0v) is 12.9. The molecule has 1 aromatic carbocycles. The Hall–Kier alpha value is -1.03. The molecule has 1 atom stereocenters. The van der Waals surface area contributed by atoms with Crippen molar-refractivity contribution >= 4 is 22.0 Å². The van der Waals surface area contributed by atoms with Crippen LogP contribution in [0.4, 0.5) is 4.79 Å². The summed E-state index contributed by atoms with van der Waals surface area (Å²) in [4.78, 5) is 14.0. The standard InChI is InChI=1S/C15H21BrN2O/c1-12-5-2-3-10-18(12)15(19)17-9-8-13-6-4-7-14(16)11-13/h4,6-7,11-12H,2-3,5,8-10H2,1H3,(H,17,19). The Morgan fingerprint density at radius 3 is 3.05 bits per heavy atom. The third kappa shape index (κ3) is 4.23. The molecular weight excluding hydrogens is 304 g/mol. The molecule has 0 bridgehead atoms. The Morgan fingerprint density at radius 2 is 2.32 bits per heavy atom. The van der Waals surface area contributed by atoms with Crippen LogP contribution in [-0.4, -0.2) is 30.1 Å². The van der Waals surface area contributed by atoms with Gasteiger partial charge in [0.25, 0.3) is 0 Å². The Labute approximate surface area is 123 Å². The van der Waals surface area contributed by atoms with E-state index >= 15 is 0 Å². The van der Waals surface area contributed by atoms with Crippen molar-refractivity contribution in [3.8, 4) is 0 Å². The first-order chi connectivity index (χ1) is 9.16. The lowest BCUT2D eigenvalue weighted by molar-refractivity contribution is 0.158. The number of hydrogen-bond donors (Lipinski definition) is 1. The molecule has 2 amide bonds. The summed E-state index contributed by atoms with van der Waals surface area (Å²) >= 11 is 3.46. The lowest BCUT2D eigenvalue weighted by Gasteiger charge is -2.33. The number of likely N-dealkylation sites (tertiary alicyclic amines) is 1. The van der Waals surface area contributed by atoms with Gasteiger partial charge >= 0.3 is 6.03 Å². The number of piperidine rings is 1. The highest BCUT2D eigenvalue weighted by Gasteiger charge is 2.22. The smallest absolute Gasteiger partial charge is 0.317 e. The molecule has 0 saturated carbocycles. The van der Waals surface area contributed by atoms with E-state index in [-0.39, 0.29) is 6.03 Å². The van der Waals surface area contributed by atoms with Crippen molar-refractivity contribution in [1.29, 1.82) is 0 Å². The average Bonchev–Trinajstić information content (AvgIpc) is 2.39. The van der Waals surface area contributed by atoms with Gasteiger partial charge in [-0.3, -0.25) is 0 Å². The number of carbonyl (C=O) groups excluding carboxylic acids is 1. The second kappa shape index (κ2) is 6.94. The summed E-state index contributed by atoms with van der Waals surface area (Å²) in [5.41, 5.74) is 1.24. The summed E-state index contributed by atoms with van der Waals surface area (Å²) in [6.07, 6.45) is 4.36. The lowest BCUT2D eigenvalue weighted by atomic mass is 10.0. The molecular formula is C15H21BrN2O. The Kier molecular flexibility index (Phi) is 5.25. The molecule has 0 aliphatic carbocycles. The SMILES string of the molecule is CC1CCCCN1C(=O)NCCc1cccc(Br)c1. The van der Waals surface area contributed by atoms with E-state index in [1.807, 2.05) is 17.0 Å². The molecule has 1 heterocycles. The fraction of sp³-hybridized carbons (Fsp3) is 0.533. The predicted molar refractivity (Wildman–Crippen MR) is 81.3 cm³/mol. The van der Waals surface area contributed by atoms with Crippen LogP contribution in [0.15, 0.2) is 28.7 Å². The van der Waals surface area contributed by atoms with Crippen molar-refractivity contribution in [2.45, 2.75) is 38.6 Å². The zero-order valence-electron chi connectivity index (χ0n) is 11.4. The average molecular weight is 325 g/mol. The van der Waals surface area contributed by atoms with Crippen LogP contribution in [0, 0.1) is 0 Å². The molecule has 1 unspecified atom stereocenters. The summed E-state index contributed by atoms with van der Waals surface area (Å²) in [5.74, 6) is 0. The normalized spacial score (nSPS) is 19.3. The summed E-state index contributed by atoms with van der Waals surface area (Å²) < 4.78 is 1.08. The second-order valence-electron chi connectivity index (χ2n) is 5.15. The third-order valence-corrected chi connectivity index (χ3v) is 4.14. The van der Waals surface area contributed by atoms with Gasteiger partial charge in [0.2, 0.25) is 0 Å². The Balaban J connectivity index is 1.77. The van der Waals surface area contributed by atoms with Gasteiger partial charge in [0.05, 0.1) is 0 Å². The first-order valence-electron chi connectivity index (χ1n) is 6.96. The van der Waals surface area contributed by atoms with E-state index < -0.39 is 0 Å². The van der Waals surface area contributed by atoms with Gasteiger partial charge in [-0.1, -0.05) is 28.1 Å². The van der Waals surface area contributed by atoms with E-state index in [4.69, 9.17) is 0 Å². The summed E-state index contributed by atoms with van der Waals surface area (Å²) in [6.45, 7) is 3.72. The number of halogens is 1. The van der Waals surface area contributed by atoms with Crippen LogP contribution in [0.2, 0.25) is 0 Å². The molecule has 104 valence electrons. The topological polar surface area (TPSA) is 32.3 Å². The van der Waals surface area contributed by atoms with E-state index in [2.05, 4.69) is 40.3 Å². The van der Waals surface area contributed by atoms with Gasteiger partial charge in [-0.2, -0.15) is 0 Å². The van der Waals surface area contributed by atoms with E-state index in [0.29, 0.717) is 12.6 Å². The van der Waals surface area contributed by atoms with Crippen LogP contribution in [0.3, 0.4) is 0 Å². The van der Waals surface area contributed by atoms with Gasteiger partial charge in [-0.15, -0.1) is 0 Å². The molecule has 1 aliphatic heterocycles. The van der Waals surface area contributed by atoms with Crippen LogP contribution in [0.25, 0.3) is 0 Å².